The average Bonchev–Trinajstić information content (AvgIpc) is 2.09. The summed E-state index contributed by atoms with van der Waals surface area (Å²) < 4.78 is 0. The van der Waals surface area contributed by atoms with Crippen LogP contribution in [0.1, 0.15) is 41.0 Å². The minimum atomic E-state index is 0.189. The minimum absolute atomic E-state index is 0.189. The van der Waals surface area contributed by atoms with E-state index in [1.807, 2.05) is 0 Å². The summed E-state index contributed by atoms with van der Waals surface area (Å²) in [6, 6.07) is 0.855. The molecule has 92 valence electrons. The third kappa shape index (κ3) is 4.96. The topological polar surface area (TPSA) is 49.5 Å². The molecule has 0 aromatic rings. The highest BCUT2D eigenvalue weighted by atomic mass is 16.3. The fraction of sp³-hybridized carbons (Fsp3) is 1.00. The maximum Gasteiger partial charge on any atom is 0.0443 e. The van der Waals surface area contributed by atoms with Gasteiger partial charge in [-0.05, 0) is 25.7 Å². The largest absolute Gasteiger partial charge is 0.396 e. The van der Waals surface area contributed by atoms with E-state index in [1.54, 1.807) is 0 Å². The number of hydrogen-bond donors (Lipinski definition) is 2. The molecule has 0 amide bonds. The summed E-state index contributed by atoms with van der Waals surface area (Å²) in [6.45, 7) is 12.9. The molecule has 0 spiro atoms. The van der Waals surface area contributed by atoms with E-state index in [4.69, 9.17) is 10.8 Å². The van der Waals surface area contributed by atoms with Crippen LogP contribution in [0.3, 0.4) is 0 Å². The molecule has 0 aliphatic heterocycles. The SMILES string of the molecule is CC(C)N(CCCO)C(CN)C(C)(C)C. The summed E-state index contributed by atoms with van der Waals surface area (Å²) in [5.74, 6) is 0. The zero-order valence-electron chi connectivity index (χ0n) is 11.0. The van der Waals surface area contributed by atoms with Gasteiger partial charge in [-0.2, -0.15) is 0 Å². The second-order valence-electron chi connectivity index (χ2n) is 5.53. The van der Waals surface area contributed by atoms with Crippen LogP contribution in [-0.4, -0.2) is 41.8 Å². The van der Waals surface area contributed by atoms with Crippen LogP contribution in [0.4, 0.5) is 0 Å². The highest BCUT2D eigenvalue weighted by molar-refractivity contribution is 4.85. The van der Waals surface area contributed by atoms with Crippen molar-refractivity contribution in [1.82, 2.24) is 4.90 Å². The zero-order valence-corrected chi connectivity index (χ0v) is 11.0. The Kier molecular flexibility index (Phi) is 6.41. The van der Waals surface area contributed by atoms with Crippen molar-refractivity contribution >= 4 is 0 Å². The average molecular weight is 216 g/mol. The van der Waals surface area contributed by atoms with Gasteiger partial charge in [0.2, 0.25) is 0 Å². The van der Waals surface area contributed by atoms with Crippen LogP contribution in [0.5, 0.6) is 0 Å². The van der Waals surface area contributed by atoms with Crippen LogP contribution in [0.25, 0.3) is 0 Å². The highest BCUT2D eigenvalue weighted by Gasteiger charge is 2.30. The van der Waals surface area contributed by atoms with Gasteiger partial charge in [0.1, 0.15) is 0 Å². The van der Waals surface area contributed by atoms with E-state index in [1.165, 1.54) is 0 Å². The summed E-state index contributed by atoms with van der Waals surface area (Å²) in [5, 5.41) is 8.90. The molecule has 0 aliphatic rings. The van der Waals surface area contributed by atoms with Gasteiger partial charge in [-0.15, -0.1) is 0 Å². The van der Waals surface area contributed by atoms with E-state index in [0.29, 0.717) is 18.6 Å². The number of nitrogens with two attached hydrogens (primary N) is 1. The molecule has 3 N–H and O–H groups in total. The molecule has 0 aliphatic carbocycles. The van der Waals surface area contributed by atoms with E-state index in [0.717, 1.165) is 13.0 Å². The molecule has 0 aromatic heterocycles. The third-order valence-corrected chi connectivity index (χ3v) is 2.86. The van der Waals surface area contributed by atoms with E-state index in [2.05, 4.69) is 39.5 Å². The summed E-state index contributed by atoms with van der Waals surface area (Å²) >= 11 is 0. The third-order valence-electron chi connectivity index (χ3n) is 2.86. The van der Waals surface area contributed by atoms with E-state index >= 15 is 0 Å². The molecular formula is C12H28N2O. The predicted octanol–water partition coefficient (Wildman–Crippen LogP) is 1.45. The molecule has 0 bridgehead atoms. The Labute approximate surface area is 94.6 Å². The number of nitrogens with zero attached hydrogens (tertiary/aromatic N) is 1. The standard InChI is InChI=1S/C12H28N2O/c1-10(2)14(7-6-8-15)11(9-13)12(3,4)5/h10-11,15H,6-9,13H2,1-5H3. The molecule has 0 saturated carbocycles. The molecule has 0 saturated heterocycles. The summed E-state index contributed by atoms with van der Waals surface area (Å²) in [5.41, 5.74) is 6.05. The number of rotatable bonds is 6. The molecule has 0 fully saturated rings. The fourth-order valence-corrected chi connectivity index (χ4v) is 2.01. The molecule has 0 aromatic carbocycles. The van der Waals surface area contributed by atoms with Gasteiger partial charge in [-0.25, -0.2) is 0 Å². The fourth-order valence-electron chi connectivity index (χ4n) is 2.01. The number of aliphatic hydroxyl groups excluding tert-OH is 1. The maximum atomic E-state index is 8.90. The highest BCUT2D eigenvalue weighted by Crippen LogP contribution is 2.25. The molecule has 15 heavy (non-hydrogen) atoms. The summed E-state index contributed by atoms with van der Waals surface area (Å²) in [7, 11) is 0. The van der Waals surface area contributed by atoms with Crippen molar-refractivity contribution in [3.05, 3.63) is 0 Å². The van der Waals surface area contributed by atoms with Crippen LogP contribution in [0.15, 0.2) is 0 Å². The van der Waals surface area contributed by atoms with Gasteiger partial charge >= 0.3 is 0 Å². The smallest absolute Gasteiger partial charge is 0.0443 e. The Hall–Kier alpha value is -0.120. The first kappa shape index (κ1) is 14.9. The van der Waals surface area contributed by atoms with Crippen molar-refractivity contribution < 1.29 is 5.11 Å². The second kappa shape index (κ2) is 6.46. The Morgan fingerprint density at radius 2 is 1.80 bits per heavy atom. The number of aliphatic hydroxyl groups is 1. The Bertz CT molecular complexity index is 163. The van der Waals surface area contributed by atoms with Crippen LogP contribution >= 0.6 is 0 Å². The monoisotopic (exact) mass is 216 g/mol. The molecule has 0 rings (SSSR count). The normalized spacial score (nSPS) is 15.0. The van der Waals surface area contributed by atoms with Gasteiger partial charge in [0, 0.05) is 31.8 Å². The van der Waals surface area contributed by atoms with Crippen molar-refractivity contribution in [3.63, 3.8) is 0 Å². The Morgan fingerprint density at radius 1 is 1.27 bits per heavy atom. The van der Waals surface area contributed by atoms with Gasteiger partial charge in [-0.1, -0.05) is 20.8 Å². The first-order valence-electron chi connectivity index (χ1n) is 5.91. The zero-order chi connectivity index (χ0) is 12.1. The van der Waals surface area contributed by atoms with Crippen LogP contribution in [0, 0.1) is 5.41 Å². The van der Waals surface area contributed by atoms with Crippen LogP contribution < -0.4 is 5.73 Å². The van der Waals surface area contributed by atoms with Crippen molar-refractivity contribution in [3.8, 4) is 0 Å². The van der Waals surface area contributed by atoms with Crippen LogP contribution in [-0.2, 0) is 0 Å². The van der Waals surface area contributed by atoms with Crippen molar-refractivity contribution in [1.29, 1.82) is 0 Å². The van der Waals surface area contributed by atoms with Gasteiger partial charge < -0.3 is 10.8 Å². The first-order valence-corrected chi connectivity index (χ1v) is 5.91. The minimum Gasteiger partial charge on any atom is -0.396 e. The lowest BCUT2D eigenvalue weighted by atomic mass is 9.85. The van der Waals surface area contributed by atoms with E-state index in [-0.39, 0.29) is 12.0 Å². The molecule has 3 heteroatoms. The molecule has 1 unspecified atom stereocenters. The lowest BCUT2D eigenvalue weighted by Gasteiger charge is -2.42. The molecule has 3 nitrogen and oxygen atoms in total. The summed E-state index contributed by atoms with van der Waals surface area (Å²) in [6.07, 6.45) is 0.824. The van der Waals surface area contributed by atoms with Gasteiger partial charge in [0.05, 0.1) is 0 Å². The van der Waals surface area contributed by atoms with Crippen molar-refractivity contribution in [2.45, 2.75) is 53.1 Å². The number of hydrogen-bond acceptors (Lipinski definition) is 3. The first-order chi connectivity index (χ1) is 6.84. The van der Waals surface area contributed by atoms with Gasteiger partial charge in [0.15, 0.2) is 0 Å². The van der Waals surface area contributed by atoms with Crippen molar-refractivity contribution in [2.24, 2.45) is 11.1 Å². The molecule has 0 radical (unpaired) electrons. The van der Waals surface area contributed by atoms with E-state index < -0.39 is 0 Å². The molecule has 0 heterocycles. The summed E-state index contributed by atoms with van der Waals surface area (Å²) in [4.78, 5) is 2.40. The lowest BCUT2D eigenvalue weighted by Crippen LogP contribution is -2.52. The molecular weight excluding hydrogens is 188 g/mol. The Morgan fingerprint density at radius 3 is 2.07 bits per heavy atom. The maximum absolute atomic E-state index is 8.90. The second-order valence-corrected chi connectivity index (χ2v) is 5.53. The van der Waals surface area contributed by atoms with Gasteiger partial charge in [-0.3, -0.25) is 4.90 Å². The van der Waals surface area contributed by atoms with Gasteiger partial charge in [0.25, 0.3) is 0 Å². The Balaban J connectivity index is 4.55. The quantitative estimate of drug-likeness (QED) is 0.706. The van der Waals surface area contributed by atoms with E-state index in [9.17, 15) is 0 Å². The lowest BCUT2D eigenvalue weighted by molar-refractivity contribution is 0.0693. The molecule has 1 atom stereocenters. The predicted molar refractivity (Wildman–Crippen MR) is 65.8 cm³/mol. The van der Waals surface area contributed by atoms with Crippen molar-refractivity contribution in [2.75, 3.05) is 19.7 Å². The van der Waals surface area contributed by atoms with Crippen LogP contribution in [0.2, 0.25) is 0 Å².